The summed E-state index contributed by atoms with van der Waals surface area (Å²) in [7, 11) is 6.90. The van der Waals surface area contributed by atoms with Gasteiger partial charge in [-0.15, -0.1) is 11.3 Å². The summed E-state index contributed by atoms with van der Waals surface area (Å²) >= 11 is 1.28. The quantitative estimate of drug-likeness (QED) is 0.139. The molecule has 16 nitrogen and oxygen atoms in total. The number of ether oxygens (including phenoxy) is 2. The Bertz CT molecular complexity index is 2780. The van der Waals surface area contributed by atoms with E-state index >= 15 is 8.78 Å². The Morgan fingerprint density at radius 3 is 2.53 bits per heavy atom. The number of aryl methyl sites for hydroxylation is 1. The van der Waals surface area contributed by atoms with Crippen LogP contribution < -0.4 is 10.7 Å². The van der Waals surface area contributed by atoms with Gasteiger partial charge in [-0.25, -0.2) is 19.2 Å². The number of halogens is 2. The lowest BCUT2D eigenvalue weighted by molar-refractivity contribution is -0.176. The second-order valence-corrected chi connectivity index (χ2v) is 22.0. The van der Waals surface area contributed by atoms with Crippen molar-refractivity contribution in [2.45, 2.75) is 123 Å². The van der Waals surface area contributed by atoms with Crippen molar-refractivity contribution in [2.24, 2.45) is 17.3 Å². The number of rotatable bonds is 10. The van der Waals surface area contributed by atoms with E-state index in [1.807, 2.05) is 83.3 Å². The molecule has 4 aromatic rings. The first-order valence-corrected chi connectivity index (χ1v) is 25.5. The van der Waals surface area contributed by atoms with E-state index in [0.717, 1.165) is 44.0 Å². The minimum absolute atomic E-state index is 0.129. The monoisotopic (exact) mass is 1010 g/mol. The number of benzene rings is 1. The third kappa shape index (κ3) is 11.2. The van der Waals surface area contributed by atoms with Crippen LogP contribution in [-0.4, -0.2) is 148 Å². The highest BCUT2D eigenvalue weighted by molar-refractivity contribution is 7.10. The molecule has 388 valence electrons. The van der Waals surface area contributed by atoms with E-state index in [-0.39, 0.29) is 37.5 Å². The van der Waals surface area contributed by atoms with Crippen LogP contribution >= 0.6 is 11.3 Å². The number of nitrogens with zero attached hydrogens (tertiary/aromatic N) is 7. The molecule has 6 heterocycles. The lowest BCUT2D eigenvalue weighted by atomic mass is 9.84. The van der Waals surface area contributed by atoms with Gasteiger partial charge in [0, 0.05) is 92.2 Å². The predicted molar refractivity (Wildman–Crippen MR) is 271 cm³/mol. The Hall–Kier alpha value is -5.81. The number of hydrogen-bond acceptors (Lipinski definition) is 12. The zero-order valence-corrected chi connectivity index (χ0v) is 44.3. The molecule has 0 saturated carbocycles. The highest BCUT2D eigenvalue weighted by Crippen LogP contribution is 2.42. The molecule has 19 heteroatoms. The van der Waals surface area contributed by atoms with Crippen molar-refractivity contribution < 1.29 is 42.2 Å². The lowest BCUT2D eigenvalue weighted by Crippen LogP contribution is -2.67. The van der Waals surface area contributed by atoms with Crippen molar-refractivity contribution >= 4 is 51.8 Å². The fourth-order valence-electron chi connectivity index (χ4n) is 9.70. The van der Waals surface area contributed by atoms with Gasteiger partial charge in [0.05, 0.1) is 46.3 Å². The standard InChI is InChI=1S/C53H69F2N9O7S/c1-13-63-40-17-16-33-25-36(40)37(45(63)35-15-14-22-56-43(35)32(4)70-12)27-51(5,6)30-71-50(69)46-53(54,55)21-24-64(59-46)49(68)38(26-41-57-39(33)29-72-41)58-47(66)44(31(2)3)61(11)48(67)34-19-23-62(28-34)42(65)18-20-52(7,8)60(9)10/h14-17,22,25,29,31-32,34,38,44,46,59H,13,19,21,23-24,26-28,30H2,1-12H3,(H,58,66)/t32-,34-,38-,44-,46+/m0/s1. The van der Waals surface area contributed by atoms with Gasteiger partial charge in [0.1, 0.15) is 12.1 Å². The van der Waals surface area contributed by atoms with Crippen LogP contribution in [0.5, 0.6) is 0 Å². The van der Waals surface area contributed by atoms with Crippen LogP contribution in [0.4, 0.5) is 8.78 Å². The first-order valence-electron chi connectivity index (χ1n) is 24.6. The molecule has 3 aromatic heterocycles. The Balaban J connectivity index is 1.24. The number of methoxy groups -OCH3 is 1. The maximum atomic E-state index is 15.8. The first-order chi connectivity index (χ1) is 33.9. The highest BCUT2D eigenvalue weighted by atomic mass is 32.1. The Morgan fingerprint density at radius 1 is 1.11 bits per heavy atom. The van der Waals surface area contributed by atoms with Gasteiger partial charge in [0.15, 0.2) is 6.04 Å². The van der Waals surface area contributed by atoms with Gasteiger partial charge in [-0.2, -0.15) is 0 Å². The van der Waals surface area contributed by atoms with Crippen LogP contribution in [0.25, 0.3) is 33.4 Å². The van der Waals surface area contributed by atoms with E-state index in [4.69, 9.17) is 19.4 Å². The number of aromatic nitrogens is 3. The molecule has 3 aliphatic heterocycles. The number of alkyl halides is 2. The Labute approximate surface area is 425 Å². The maximum Gasteiger partial charge on any atom is 0.331 e. The second-order valence-electron chi connectivity index (χ2n) is 21.1. The third-order valence-corrected chi connectivity index (χ3v) is 15.3. The summed E-state index contributed by atoms with van der Waals surface area (Å²) in [6.45, 7) is 15.5. The topological polar surface area (TPSA) is 172 Å². The average Bonchev–Trinajstić information content (AvgIpc) is 4.09. The number of pyridine rings is 1. The molecule has 4 amide bonds. The minimum Gasteiger partial charge on any atom is -0.464 e. The molecule has 6 bridgehead atoms. The van der Waals surface area contributed by atoms with Gasteiger partial charge in [-0.1, -0.05) is 39.7 Å². The predicted octanol–water partition coefficient (Wildman–Crippen LogP) is 6.12. The van der Waals surface area contributed by atoms with E-state index in [1.165, 1.54) is 23.3 Å². The summed E-state index contributed by atoms with van der Waals surface area (Å²) in [5, 5.41) is 7.10. The number of likely N-dealkylation sites (tertiary alicyclic amines) is 1. The normalized spacial score (nSPS) is 21.2. The molecule has 2 saturated heterocycles. The Morgan fingerprint density at radius 2 is 1.85 bits per heavy atom. The number of fused-ring (bicyclic) bond motifs is 6. The second kappa shape index (κ2) is 21.3. The maximum absolute atomic E-state index is 15.8. The fraction of sp³-hybridized carbons (Fsp3) is 0.566. The number of hydrazine groups is 1. The Kier molecular flexibility index (Phi) is 16.0. The van der Waals surface area contributed by atoms with E-state index < -0.39 is 77.6 Å². The smallest absolute Gasteiger partial charge is 0.331 e. The van der Waals surface area contributed by atoms with E-state index in [9.17, 15) is 24.0 Å². The van der Waals surface area contributed by atoms with Gasteiger partial charge in [0.25, 0.3) is 17.7 Å². The molecule has 0 unspecified atom stereocenters. The summed E-state index contributed by atoms with van der Waals surface area (Å²) in [5.74, 6) is -2.28. The van der Waals surface area contributed by atoms with Crippen LogP contribution in [-0.2, 0) is 52.8 Å². The summed E-state index contributed by atoms with van der Waals surface area (Å²) < 4.78 is 45.4. The molecule has 1 aromatic carbocycles. The van der Waals surface area contributed by atoms with Crippen LogP contribution in [0, 0.1) is 29.1 Å². The molecule has 2 fully saturated rings. The van der Waals surface area contributed by atoms with Crippen molar-refractivity contribution in [2.75, 3.05) is 54.5 Å². The number of cyclic esters (lactones) is 1. The molecule has 5 atom stereocenters. The molecule has 7 rings (SSSR count). The van der Waals surface area contributed by atoms with E-state index in [1.54, 1.807) is 32.1 Å². The largest absolute Gasteiger partial charge is 0.464 e. The molecular formula is C53H69F2N9O7S. The molecule has 0 radical (unpaired) electrons. The average molecular weight is 1010 g/mol. The molecule has 72 heavy (non-hydrogen) atoms. The van der Waals surface area contributed by atoms with Crippen molar-refractivity contribution in [1.29, 1.82) is 0 Å². The van der Waals surface area contributed by atoms with Crippen molar-refractivity contribution in [1.82, 2.24) is 45.0 Å². The fourth-order valence-corrected chi connectivity index (χ4v) is 10.6. The van der Waals surface area contributed by atoms with Crippen LogP contribution in [0.1, 0.15) is 90.6 Å². The number of carbonyl (C=O) groups is 5. The SMILES string of the molecule is CCn1c(-c2cccnc2[C@H](C)OC)c2c3cc(ccc31)-c1csc(n1)C[C@H](NC(=O)[C@H](C(C)C)N(C)C(=O)[C@H]1CCN(C(=O)C#CC(C)(C)N(C)C)C1)C(=O)N1CCC(F)(F)[C@H](N1)C(=O)OCC(C)(C)C2. The summed E-state index contributed by atoms with van der Waals surface area (Å²) in [6.07, 6.45) is 1.16. The van der Waals surface area contributed by atoms with Gasteiger partial charge >= 0.3 is 5.97 Å². The number of nitrogens with one attached hydrogen (secondary N) is 2. The van der Waals surface area contributed by atoms with Crippen molar-refractivity contribution in [3.05, 3.63) is 58.2 Å². The minimum atomic E-state index is -3.59. The van der Waals surface area contributed by atoms with E-state index in [0.29, 0.717) is 36.6 Å². The van der Waals surface area contributed by atoms with E-state index in [2.05, 4.69) is 40.1 Å². The summed E-state index contributed by atoms with van der Waals surface area (Å²) in [5.41, 5.74) is 7.01. The molecule has 3 aliphatic rings. The van der Waals surface area contributed by atoms with Gasteiger partial charge < -0.3 is 29.2 Å². The lowest BCUT2D eigenvalue weighted by Gasteiger charge is -2.40. The first kappa shape index (κ1) is 54.0. The third-order valence-electron chi connectivity index (χ3n) is 14.4. The molecule has 0 aliphatic carbocycles. The van der Waals surface area contributed by atoms with Gasteiger partial charge in [0.2, 0.25) is 11.8 Å². The van der Waals surface area contributed by atoms with Crippen LogP contribution in [0.15, 0.2) is 41.9 Å². The van der Waals surface area contributed by atoms with Gasteiger partial charge in [-0.3, -0.25) is 38.9 Å². The zero-order valence-electron chi connectivity index (χ0n) is 43.5. The summed E-state index contributed by atoms with van der Waals surface area (Å²) in [4.78, 5) is 84.9. The van der Waals surface area contributed by atoms with Crippen molar-refractivity contribution in [3.8, 4) is 34.4 Å². The molecule has 2 N–H and O–H groups in total. The van der Waals surface area contributed by atoms with Crippen molar-refractivity contribution in [3.63, 3.8) is 0 Å². The number of likely N-dealkylation sites (N-methyl/N-ethyl adjacent to an activating group) is 1. The zero-order chi connectivity index (χ0) is 52.6. The molecule has 0 spiro atoms. The number of esters is 1. The number of thiazole rings is 1. The van der Waals surface area contributed by atoms with Crippen LogP contribution in [0.3, 0.4) is 0 Å². The molecular weight excluding hydrogens is 945 g/mol. The van der Waals surface area contributed by atoms with Gasteiger partial charge in [-0.05, 0) is 96.3 Å². The van der Waals surface area contributed by atoms with Crippen LogP contribution in [0.2, 0.25) is 0 Å². The number of hydrogen-bond donors (Lipinski definition) is 2. The number of amides is 4. The summed E-state index contributed by atoms with van der Waals surface area (Å²) in [6, 6.07) is 5.36. The number of carbonyl (C=O) groups excluding carboxylic acids is 5. The highest BCUT2D eigenvalue weighted by Gasteiger charge is 2.51.